The molecule has 278 valence electrons. The highest BCUT2D eigenvalue weighted by Gasteiger charge is 2.71. The Morgan fingerprint density at radius 1 is 0.981 bits per heavy atom. The summed E-state index contributed by atoms with van der Waals surface area (Å²) in [5.74, 6) is -1.33. The van der Waals surface area contributed by atoms with Gasteiger partial charge < -0.3 is 23.9 Å². The Labute approximate surface area is 303 Å². The predicted molar refractivity (Wildman–Crippen MR) is 185 cm³/mol. The minimum Gasteiger partial charge on any atom is -0.424 e. The third-order valence-electron chi connectivity index (χ3n) is 11.7. The molecule has 14 heteroatoms. The number of likely N-dealkylation sites (tertiary alicyclic amines) is 2. The SMILES string of the molecule is O=C(c1c[nH]c(=O)cn1)N1CC(c2nnc(C(COCc3ccccc3)c3cccc(C4CCCCC4)c3)o2)C2(C1)CN(C(=O)C1(C(F)(F)F)CC1)C2. The lowest BCUT2D eigenvalue weighted by atomic mass is 9.71. The second kappa shape index (κ2) is 13.9. The number of nitrogens with one attached hydrogen (secondary N) is 1. The second-order valence-electron chi connectivity index (χ2n) is 15.2. The third kappa shape index (κ3) is 6.77. The number of nitrogens with zero attached hydrogens (tertiary/aromatic N) is 5. The first-order valence-electron chi connectivity index (χ1n) is 18.3. The van der Waals surface area contributed by atoms with Crippen molar-refractivity contribution >= 4 is 11.8 Å². The molecule has 4 fully saturated rings. The van der Waals surface area contributed by atoms with Crippen molar-refractivity contribution in [3.05, 3.63) is 112 Å². The van der Waals surface area contributed by atoms with Gasteiger partial charge in [0.05, 0.1) is 31.2 Å². The summed E-state index contributed by atoms with van der Waals surface area (Å²) in [7, 11) is 0. The van der Waals surface area contributed by atoms with Gasteiger partial charge in [-0.2, -0.15) is 13.2 Å². The molecule has 1 N–H and O–H groups in total. The van der Waals surface area contributed by atoms with E-state index in [1.807, 2.05) is 36.4 Å². The molecule has 2 amide bonds. The summed E-state index contributed by atoms with van der Waals surface area (Å²) in [5, 5.41) is 9.01. The number of alkyl halides is 3. The van der Waals surface area contributed by atoms with Crippen LogP contribution < -0.4 is 5.56 Å². The third-order valence-corrected chi connectivity index (χ3v) is 11.7. The monoisotopic (exact) mass is 730 g/mol. The van der Waals surface area contributed by atoms with E-state index in [0.717, 1.165) is 30.2 Å². The number of hydrogen-bond donors (Lipinski definition) is 1. The van der Waals surface area contributed by atoms with Crippen molar-refractivity contribution in [2.75, 3.05) is 32.8 Å². The summed E-state index contributed by atoms with van der Waals surface area (Å²) in [4.78, 5) is 47.7. The van der Waals surface area contributed by atoms with Crippen LogP contribution in [0.15, 0.2) is 76.2 Å². The van der Waals surface area contributed by atoms with Gasteiger partial charge >= 0.3 is 6.18 Å². The number of H-pyrrole nitrogens is 1. The first-order chi connectivity index (χ1) is 25.6. The van der Waals surface area contributed by atoms with Gasteiger partial charge in [0.25, 0.3) is 11.5 Å². The highest BCUT2D eigenvalue weighted by Crippen LogP contribution is 2.60. The summed E-state index contributed by atoms with van der Waals surface area (Å²) in [6, 6.07) is 18.3. The minimum atomic E-state index is -4.63. The molecule has 2 atom stereocenters. The molecule has 8 rings (SSSR count). The van der Waals surface area contributed by atoms with Crippen molar-refractivity contribution in [3.63, 3.8) is 0 Å². The number of benzene rings is 2. The lowest BCUT2D eigenvalue weighted by Gasteiger charge is -2.51. The molecule has 2 unspecified atom stereocenters. The maximum atomic E-state index is 13.9. The number of carbonyl (C=O) groups is 2. The van der Waals surface area contributed by atoms with E-state index in [4.69, 9.17) is 9.15 Å². The first-order valence-corrected chi connectivity index (χ1v) is 18.3. The molecule has 1 spiro atoms. The number of aromatic amines is 1. The summed E-state index contributed by atoms with van der Waals surface area (Å²) < 4.78 is 54.5. The Bertz CT molecular complexity index is 2000. The average Bonchev–Trinajstić information content (AvgIpc) is 3.69. The Morgan fingerprint density at radius 2 is 1.74 bits per heavy atom. The van der Waals surface area contributed by atoms with Gasteiger partial charge in [-0.25, -0.2) is 4.98 Å². The van der Waals surface area contributed by atoms with Crippen LogP contribution in [0.2, 0.25) is 0 Å². The largest absolute Gasteiger partial charge is 0.424 e. The van der Waals surface area contributed by atoms with Crippen LogP contribution in [0.5, 0.6) is 0 Å². The fraction of sp³-hybridized carbons (Fsp3) is 0.487. The van der Waals surface area contributed by atoms with E-state index in [1.54, 1.807) is 0 Å². The number of rotatable bonds is 10. The van der Waals surface area contributed by atoms with E-state index < -0.39 is 46.2 Å². The average molecular weight is 731 g/mol. The van der Waals surface area contributed by atoms with E-state index in [0.29, 0.717) is 18.4 Å². The molecule has 2 aromatic heterocycles. The molecule has 2 saturated carbocycles. The van der Waals surface area contributed by atoms with Crippen molar-refractivity contribution in [3.8, 4) is 0 Å². The van der Waals surface area contributed by atoms with Crippen LogP contribution in [0, 0.1) is 10.8 Å². The van der Waals surface area contributed by atoms with E-state index >= 15 is 0 Å². The Morgan fingerprint density at radius 3 is 2.43 bits per heavy atom. The van der Waals surface area contributed by atoms with Gasteiger partial charge in [-0.1, -0.05) is 73.9 Å². The van der Waals surface area contributed by atoms with E-state index in [-0.39, 0.29) is 57.2 Å². The van der Waals surface area contributed by atoms with E-state index in [9.17, 15) is 27.6 Å². The van der Waals surface area contributed by atoms with Gasteiger partial charge in [0.15, 0.2) is 0 Å². The quantitative estimate of drug-likeness (QED) is 0.211. The summed E-state index contributed by atoms with van der Waals surface area (Å²) in [6.07, 6.45) is 3.08. The predicted octanol–water partition coefficient (Wildman–Crippen LogP) is 5.96. The van der Waals surface area contributed by atoms with Crippen LogP contribution in [0.1, 0.15) is 102 Å². The van der Waals surface area contributed by atoms with E-state index in [1.165, 1.54) is 40.8 Å². The zero-order chi connectivity index (χ0) is 36.8. The van der Waals surface area contributed by atoms with Crippen molar-refractivity contribution in [1.29, 1.82) is 0 Å². The molecule has 2 aliphatic heterocycles. The van der Waals surface area contributed by atoms with Gasteiger partial charge in [0.1, 0.15) is 11.1 Å². The van der Waals surface area contributed by atoms with Crippen LogP contribution in [-0.4, -0.2) is 80.7 Å². The highest BCUT2D eigenvalue weighted by atomic mass is 19.4. The number of carbonyl (C=O) groups excluding carboxylic acids is 2. The first kappa shape index (κ1) is 35.2. The molecule has 4 heterocycles. The van der Waals surface area contributed by atoms with Crippen LogP contribution in [0.3, 0.4) is 0 Å². The number of hydrogen-bond acceptors (Lipinski definition) is 8. The van der Waals surface area contributed by atoms with Crippen molar-refractivity contribution in [1.82, 2.24) is 30.0 Å². The van der Waals surface area contributed by atoms with E-state index in [2.05, 4.69) is 38.4 Å². The molecular formula is C39H41F3N6O5. The molecule has 2 saturated heterocycles. The Balaban J connectivity index is 1.08. The minimum absolute atomic E-state index is 0.00191. The fourth-order valence-electron chi connectivity index (χ4n) is 8.48. The maximum absolute atomic E-state index is 13.9. The topological polar surface area (TPSA) is 135 Å². The zero-order valence-corrected chi connectivity index (χ0v) is 29.2. The molecular weight excluding hydrogens is 689 g/mol. The summed E-state index contributed by atoms with van der Waals surface area (Å²) >= 11 is 0. The maximum Gasteiger partial charge on any atom is 0.403 e. The Kier molecular flexibility index (Phi) is 9.20. The summed E-state index contributed by atoms with van der Waals surface area (Å²) in [6.45, 7) is 0.880. The number of halogens is 3. The lowest BCUT2D eigenvalue weighted by molar-refractivity contribution is -0.204. The molecule has 0 bridgehead atoms. The fourth-order valence-corrected chi connectivity index (χ4v) is 8.48. The van der Waals surface area contributed by atoms with Crippen LogP contribution in [0.25, 0.3) is 0 Å². The number of aromatic nitrogens is 4. The molecule has 0 radical (unpaired) electrons. The van der Waals surface area contributed by atoms with Crippen molar-refractivity contribution in [2.24, 2.45) is 10.8 Å². The van der Waals surface area contributed by atoms with Crippen molar-refractivity contribution < 1.29 is 31.9 Å². The van der Waals surface area contributed by atoms with Gasteiger partial charge in [-0.3, -0.25) is 14.4 Å². The second-order valence-corrected chi connectivity index (χ2v) is 15.2. The lowest BCUT2D eigenvalue weighted by Crippen LogP contribution is -2.64. The van der Waals surface area contributed by atoms with Gasteiger partial charge in [-0.05, 0) is 48.3 Å². The van der Waals surface area contributed by atoms with Crippen LogP contribution in [-0.2, 0) is 16.1 Å². The van der Waals surface area contributed by atoms with Crippen LogP contribution >= 0.6 is 0 Å². The zero-order valence-electron chi connectivity index (χ0n) is 29.2. The molecule has 2 aromatic carbocycles. The normalized spacial score (nSPS) is 21.4. The molecule has 2 aliphatic carbocycles. The molecule has 53 heavy (non-hydrogen) atoms. The van der Waals surface area contributed by atoms with Gasteiger partial charge in [0, 0.05) is 37.8 Å². The smallest absolute Gasteiger partial charge is 0.403 e. The standard InChI is InChI=1S/C39H41F3N6O5/c40-39(41,42)38(14-15-38)36(51)48-23-37(24-48)22-47(35(50)31-17-44-32(49)18-43-31)19-30(37)34-46-45-33(53-34)29(21-52-20-25-8-3-1-4-9-25)28-13-7-12-27(16-28)26-10-5-2-6-11-26/h1,3-4,7-9,12-13,16-18,26,29-30H,2,5-6,10-11,14-15,19-24H2,(H,44,49). The summed E-state index contributed by atoms with van der Waals surface area (Å²) in [5.41, 5.74) is -0.350. The number of amides is 2. The molecule has 4 aromatic rings. The van der Waals surface area contributed by atoms with Crippen molar-refractivity contribution in [2.45, 2.75) is 75.5 Å². The van der Waals surface area contributed by atoms with Crippen LogP contribution in [0.4, 0.5) is 13.2 Å². The van der Waals surface area contributed by atoms with Gasteiger partial charge in [0.2, 0.25) is 17.7 Å². The van der Waals surface area contributed by atoms with Gasteiger partial charge in [-0.15, -0.1) is 10.2 Å². The number of ether oxygens (including phenoxy) is 1. The molecule has 11 nitrogen and oxygen atoms in total. The highest BCUT2D eigenvalue weighted by molar-refractivity contribution is 5.92. The molecule has 4 aliphatic rings. The Hall–Kier alpha value is -4.85.